The fourth-order valence-electron chi connectivity index (χ4n) is 3.65. The van der Waals surface area contributed by atoms with Gasteiger partial charge in [-0.25, -0.2) is 4.39 Å². The van der Waals surface area contributed by atoms with E-state index in [1.54, 1.807) is 0 Å². The smallest absolute Gasteiger partial charge is 0.227 e. The van der Waals surface area contributed by atoms with Crippen LogP contribution in [0, 0.1) is 5.82 Å². The highest BCUT2D eigenvalue weighted by atomic mass is 35.5. The number of amides is 2. The molecule has 29 heavy (non-hydrogen) atoms. The molecular weight excluding hydrogens is 399 g/mol. The Bertz CT molecular complexity index is 878. The fraction of sp³-hybridized carbons (Fsp3) is 0.500. The van der Waals surface area contributed by atoms with Gasteiger partial charge in [-0.3, -0.25) is 9.59 Å². The lowest BCUT2D eigenvalue weighted by Crippen LogP contribution is -2.45. The van der Waals surface area contributed by atoms with Gasteiger partial charge >= 0.3 is 0 Å². The van der Waals surface area contributed by atoms with Crippen molar-refractivity contribution in [3.63, 3.8) is 0 Å². The lowest BCUT2D eigenvalue weighted by molar-refractivity contribution is -0.121. The lowest BCUT2D eigenvalue weighted by atomic mass is 9.89. The minimum atomic E-state index is -0.617. The Morgan fingerprint density at radius 3 is 2.62 bits per heavy atom. The van der Waals surface area contributed by atoms with Crippen molar-refractivity contribution in [3.8, 4) is 0 Å². The highest BCUT2D eigenvalue weighted by Crippen LogP contribution is 2.34. The van der Waals surface area contributed by atoms with Crippen LogP contribution in [0.3, 0.4) is 0 Å². The van der Waals surface area contributed by atoms with Crippen molar-refractivity contribution in [1.82, 2.24) is 15.5 Å². The van der Waals surface area contributed by atoms with Crippen LogP contribution < -0.4 is 10.6 Å². The third-order valence-electron chi connectivity index (χ3n) is 5.04. The topological polar surface area (TPSA) is 97.1 Å². The molecule has 1 fully saturated rings. The van der Waals surface area contributed by atoms with Gasteiger partial charge in [0, 0.05) is 19.8 Å². The molecule has 0 unspecified atom stereocenters. The Morgan fingerprint density at radius 1 is 1.24 bits per heavy atom. The summed E-state index contributed by atoms with van der Waals surface area (Å²) in [4.78, 5) is 28.4. The highest BCUT2D eigenvalue weighted by molar-refractivity contribution is 6.33. The summed E-state index contributed by atoms with van der Waals surface area (Å²) in [5.41, 5.74) is -0.277. The van der Waals surface area contributed by atoms with Crippen molar-refractivity contribution in [2.75, 3.05) is 5.32 Å². The Labute approximate surface area is 173 Å². The minimum absolute atomic E-state index is 0.0997. The van der Waals surface area contributed by atoms with E-state index in [0.29, 0.717) is 17.4 Å². The number of rotatable bonds is 6. The van der Waals surface area contributed by atoms with Gasteiger partial charge in [-0.15, -0.1) is 0 Å². The number of aryl methyl sites for hydroxylation is 1. The van der Waals surface area contributed by atoms with E-state index in [4.69, 9.17) is 16.1 Å². The number of anilines is 1. The number of aromatic nitrogens is 2. The van der Waals surface area contributed by atoms with Crippen LogP contribution in [0.15, 0.2) is 22.7 Å². The molecule has 7 nitrogen and oxygen atoms in total. The molecule has 1 aromatic heterocycles. The minimum Gasteiger partial charge on any atom is -0.343 e. The Hall–Kier alpha value is -2.48. The lowest BCUT2D eigenvalue weighted by Gasteiger charge is -2.30. The van der Waals surface area contributed by atoms with E-state index in [1.807, 2.05) is 0 Å². The van der Waals surface area contributed by atoms with Crippen molar-refractivity contribution in [2.24, 2.45) is 0 Å². The summed E-state index contributed by atoms with van der Waals surface area (Å²) in [7, 11) is 0. The van der Waals surface area contributed by atoms with Gasteiger partial charge in [0.25, 0.3) is 0 Å². The van der Waals surface area contributed by atoms with E-state index in [9.17, 15) is 14.0 Å². The van der Waals surface area contributed by atoms with Crippen LogP contribution in [0.2, 0.25) is 5.02 Å². The summed E-state index contributed by atoms with van der Waals surface area (Å²) in [6.07, 6.45) is 6.03. The molecule has 0 atom stereocenters. The summed E-state index contributed by atoms with van der Waals surface area (Å²) in [5, 5.41) is 9.89. The van der Waals surface area contributed by atoms with Gasteiger partial charge in [0.15, 0.2) is 5.82 Å². The van der Waals surface area contributed by atoms with Gasteiger partial charge < -0.3 is 15.2 Å². The predicted octanol–water partition coefficient (Wildman–Crippen LogP) is 4.12. The number of nitrogens with zero attached hydrogens (tertiary/aromatic N) is 2. The zero-order chi connectivity index (χ0) is 20.9. The predicted molar refractivity (Wildman–Crippen MR) is 106 cm³/mol. The first-order valence-corrected chi connectivity index (χ1v) is 10.1. The van der Waals surface area contributed by atoms with Crippen LogP contribution in [-0.4, -0.2) is 22.0 Å². The van der Waals surface area contributed by atoms with Gasteiger partial charge in [0.1, 0.15) is 11.4 Å². The third kappa shape index (κ3) is 5.53. The van der Waals surface area contributed by atoms with Crippen LogP contribution in [0.5, 0.6) is 0 Å². The van der Waals surface area contributed by atoms with Crippen molar-refractivity contribution in [3.05, 3.63) is 40.8 Å². The number of carbonyl (C=O) groups excluding carboxylic acids is 2. The molecule has 1 aliphatic carbocycles. The quantitative estimate of drug-likeness (QED) is 0.682. The molecule has 2 amide bonds. The van der Waals surface area contributed by atoms with Gasteiger partial charge in [-0.2, -0.15) is 4.98 Å². The molecule has 9 heteroatoms. The molecule has 1 saturated carbocycles. The van der Waals surface area contributed by atoms with E-state index in [-0.39, 0.29) is 29.7 Å². The van der Waals surface area contributed by atoms with E-state index < -0.39 is 11.4 Å². The highest BCUT2D eigenvalue weighted by Gasteiger charge is 2.38. The molecular formula is C20H24ClFN4O3. The van der Waals surface area contributed by atoms with E-state index >= 15 is 0 Å². The van der Waals surface area contributed by atoms with Crippen molar-refractivity contribution >= 4 is 29.1 Å². The first-order chi connectivity index (χ1) is 13.9. The number of carbonyl (C=O) groups is 2. The number of halogens is 2. The molecule has 0 bridgehead atoms. The number of nitrogens with one attached hydrogen (secondary N) is 2. The zero-order valence-electron chi connectivity index (χ0n) is 16.3. The first-order valence-electron chi connectivity index (χ1n) is 9.75. The molecule has 2 aromatic rings. The van der Waals surface area contributed by atoms with E-state index in [0.717, 1.165) is 44.6 Å². The number of hydrogen-bond donors (Lipinski definition) is 2. The van der Waals surface area contributed by atoms with Crippen LogP contribution >= 0.6 is 11.6 Å². The van der Waals surface area contributed by atoms with Gasteiger partial charge in [-0.05, 0) is 31.0 Å². The molecule has 1 heterocycles. The van der Waals surface area contributed by atoms with E-state index in [1.165, 1.54) is 19.1 Å². The van der Waals surface area contributed by atoms with Crippen LogP contribution in [0.25, 0.3) is 0 Å². The maximum Gasteiger partial charge on any atom is 0.227 e. The van der Waals surface area contributed by atoms with Crippen LogP contribution in [0.4, 0.5) is 10.1 Å². The maximum atomic E-state index is 13.1. The molecule has 1 aromatic carbocycles. The van der Waals surface area contributed by atoms with Crippen molar-refractivity contribution < 1.29 is 18.5 Å². The van der Waals surface area contributed by atoms with Crippen molar-refractivity contribution in [1.29, 1.82) is 0 Å². The van der Waals surface area contributed by atoms with Gasteiger partial charge in [0.2, 0.25) is 17.7 Å². The summed E-state index contributed by atoms with van der Waals surface area (Å²) in [6.45, 7) is 1.48. The Kier molecular flexibility index (Phi) is 6.84. The largest absolute Gasteiger partial charge is 0.343 e. The van der Waals surface area contributed by atoms with Crippen molar-refractivity contribution in [2.45, 2.75) is 63.8 Å². The molecule has 156 valence electrons. The molecule has 0 radical (unpaired) electrons. The van der Waals surface area contributed by atoms with Crippen LogP contribution in [-0.2, 0) is 21.5 Å². The molecule has 0 aliphatic heterocycles. The Morgan fingerprint density at radius 2 is 1.97 bits per heavy atom. The molecule has 0 saturated heterocycles. The molecule has 0 spiro atoms. The standard InChI is InChI=1S/C20H24ClFN4O3/c1-13(27)25-20(10-4-2-3-5-11-20)19-24-18(29-26-19)9-8-17(28)23-16-7-6-14(22)12-15(16)21/h6-7,12H,2-5,8-11H2,1H3,(H,23,28)(H,25,27). The van der Waals surface area contributed by atoms with E-state index in [2.05, 4.69) is 20.8 Å². The van der Waals surface area contributed by atoms with Gasteiger partial charge in [-0.1, -0.05) is 42.4 Å². The SMILES string of the molecule is CC(=O)NC1(c2noc(CCC(=O)Nc3ccc(F)cc3Cl)n2)CCCCCC1. The normalized spacial score (nSPS) is 16.1. The monoisotopic (exact) mass is 422 g/mol. The van der Waals surface area contributed by atoms with Crippen LogP contribution in [0.1, 0.15) is 63.6 Å². The maximum absolute atomic E-state index is 13.1. The molecule has 2 N–H and O–H groups in total. The molecule has 1 aliphatic rings. The first kappa shape index (κ1) is 21.2. The zero-order valence-corrected chi connectivity index (χ0v) is 17.0. The summed E-state index contributed by atoms with van der Waals surface area (Å²) >= 11 is 5.92. The van der Waals surface area contributed by atoms with Gasteiger partial charge in [0.05, 0.1) is 10.7 Å². The Balaban J connectivity index is 1.64. The molecule has 3 rings (SSSR count). The average Bonchev–Trinajstić information content (AvgIpc) is 3.02. The fourth-order valence-corrected chi connectivity index (χ4v) is 3.86. The average molecular weight is 423 g/mol. The summed E-state index contributed by atoms with van der Waals surface area (Å²) in [6, 6.07) is 3.76. The summed E-state index contributed by atoms with van der Waals surface area (Å²) < 4.78 is 18.4. The second kappa shape index (κ2) is 9.35. The number of benzene rings is 1. The second-order valence-corrected chi connectivity index (χ2v) is 7.77. The summed E-state index contributed by atoms with van der Waals surface area (Å²) in [5.74, 6) is -0.114. The number of hydrogen-bond acceptors (Lipinski definition) is 5. The second-order valence-electron chi connectivity index (χ2n) is 7.36. The third-order valence-corrected chi connectivity index (χ3v) is 5.35.